The SMILES string of the molecule is O=CN[C@@H]1C=C(CC(=O)O)C(=O)C1. The molecule has 1 amide bonds. The zero-order valence-electron chi connectivity index (χ0n) is 6.82. The standard InChI is InChI=1S/C8H9NO4/c10-4-9-6-1-5(2-8(12)13)7(11)3-6/h1,4,6H,2-3H2,(H,9,10)(H,12,13)/t6-/m1/s1. The molecular weight excluding hydrogens is 174 g/mol. The Morgan fingerprint density at radius 2 is 2.46 bits per heavy atom. The number of rotatable bonds is 4. The molecule has 0 unspecified atom stereocenters. The molecule has 0 saturated carbocycles. The maximum Gasteiger partial charge on any atom is 0.307 e. The number of carbonyl (C=O) groups is 3. The van der Waals surface area contributed by atoms with Crippen LogP contribution in [0.25, 0.3) is 0 Å². The Morgan fingerprint density at radius 1 is 1.77 bits per heavy atom. The van der Waals surface area contributed by atoms with Crippen LogP contribution in [0.2, 0.25) is 0 Å². The molecular formula is C8H9NO4. The van der Waals surface area contributed by atoms with Crippen molar-refractivity contribution in [3.63, 3.8) is 0 Å². The van der Waals surface area contributed by atoms with Gasteiger partial charge in [0.2, 0.25) is 6.41 Å². The Morgan fingerprint density at radius 3 is 3.00 bits per heavy atom. The number of carboxylic acid groups (broad SMARTS) is 1. The molecule has 0 aromatic carbocycles. The number of carboxylic acids is 1. The van der Waals surface area contributed by atoms with E-state index in [1.165, 1.54) is 6.08 Å². The Kier molecular flexibility index (Phi) is 2.79. The second kappa shape index (κ2) is 3.84. The van der Waals surface area contributed by atoms with Gasteiger partial charge in [0, 0.05) is 12.0 Å². The summed E-state index contributed by atoms with van der Waals surface area (Å²) in [5.41, 5.74) is 0.270. The van der Waals surface area contributed by atoms with E-state index in [4.69, 9.17) is 5.11 Å². The Hall–Kier alpha value is -1.65. The number of aliphatic carboxylic acids is 1. The van der Waals surface area contributed by atoms with Crippen LogP contribution in [0.3, 0.4) is 0 Å². The number of ketones is 1. The number of Topliss-reactive ketones (excluding diaryl/α,β-unsaturated/α-hetero) is 1. The van der Waals surface area contributed by atoms with E-state index in [0.29, 0.717) is 6.41 Å². The molecule has 5 nitrogen and oxygen atoms in total. The topological polar surface area (TPSA) is 83.5 Å². The van der Waals surface area contributed by atoms with E-state index in [1.54, 1.807) is 0 Å². The lowest BCUT2D eigenvalue weighted by Crippen LogP contribution is -2.24. The summed E-state index contributed by atoms with van der Waals surface area (Å²) >= 11 is 0. The van der Waals surface area contributed by atoms with Gasteiger partial charge in [0.1, 0.15) is 0 Å². The highest BCUT2D eigenvalue weighted by Gasteiger charge is 2.24. The first-order chi connectivity index (χ1) is 6.13. The number of carbonyl (C=O) groups excluding carboxylic acids is 2. The van der Waals surface area contributed by atoms with Crippen molar-refractivity contribution in [3.8, 4) is 0 Å². The number of hydrogen-bond donors (Lipinski definition) is 2. The van der Waals surface area contributed by atoms with Crippen LogP contribution >= 0.6 is 0 Å². The molecule has 0 radical (unpaired) electrons. The van der Waals surface area contributed by atoms with E-state index in [0.717, 1.165) is 0 Å². The molecule has 0 bridgehead atoms. The van der Waals surface area contributed by atoms with Crippen LogP contribution in [-0.4, -0.2) is 29.3 Å². The zero-order valence-corrected chi connectivity index (χ0v) is 6.82. The smallest absolute Gasteiger partial charge is 0.307 e. The van der Waals surface area contributed by atoms with Gasteiger partial charge in [0.25, 0.3) is 0 Å². The average molecular weight is 183 g/mol. The van der Waals surface area contributed by atoms with Gasteiger partial charge < -0.3 is 10.4 Å². The minimum atomic E-state index is -1.04. The minimum Gasteiger partial charge on any atom is -0.481 e. The van der Waals surface area contributed by atoms with Gasteiger partial charge in [0.05, 0.1) is 12.5 Å². The minimum absolute atomic E-state index is 0.168. The molecule has 5 heteroatoms. The fraction of sp³-hybridized carbons (Fsp3) is 0.375. The quantitative estimate of drug-likeness (QED) is 0.574. The molecule has 2 N–H and O–H groups in total. The third kappa shape index (κ3) is 2.40. The van der Waals surface area contributed by atoms with Crippen molar-refractivity contribution in [1.29, 1.82) is 0 Å². The zero-order chi connectivity index (χ0) is 9.84. The van der Waals surface area contributed by atoms with Crippen LogP contribution in [-0.2, 0) is 14.4 Å². The highest BCUT2D eigenvalue weighted by Crippen LogP contribution is 2.17. The predicted molar refractivity (Wildman–Crippen MR) is 42.9 cm³/mol. The average Bonchev–Trinajstić information content (AvgIpc) is 2.31. The molecule has 0 spiro atoms. The Bertz CT molecular complexity index is 282. The third-order valence-electron chi connectivity index (χ3n) is 1.79. The normalized spacial score (nSPS) is 21.1. The number of hydrogen-bond acceptors (Lipinski definition) is 3. The van der Waals surface area contributed by atoms with Crippen molar-refractivity contribution >= 4 is 18.2 Å². The largest absolute Gasteiger partial charge is 0.481 e. The highest BCUT2D eigenvalue weighted by molar-refractivity contribution is 6.01. The molecule has 1 aliphatic carbocycles. The molecule has 0 saturated heterocycles. The summed E-state index contributed by atoms with van der Waals surface area (Å²) in [5.74, 6) is -1.24. The fourth-order valence-corrected chi connectivity index (χ4v) is 1.24. The summed E-state index contributed by atoms with van der Waals surface area (Å²) in [5, 5.41) is 10.8. The Labute approximate surface area is 74.4 Å². The summed E-state index contributed by atoms with van der Waals surface area (Å²) in [6.45, 7) is 0. The van der Waals surface area contributed by atoms with Gasteiger partial charge in [-0.15, -0.1) is 0 Å². The van der Waals surface area contributed by atoms with Crippen molar-refractivity contribution in [3.05, 3.63) is 11.6 Å². The van der Waals surface area contributed by atoms with Crippen LogP contribution in [0.1, 0.15) is 12.8 Å². The summed E-state index contributed by atoms with van der Waals surface area (Å²) in [6.07, 6.45) is 1.89. The van der Waals surface area contributed by atoms with Gasteiger partial charge in [-0.3, -0.25) is 14.4 Å². The lowest BCUT2D eigenvalue weighted by Gasteiger charge is -2.00. The molecule has 1 atom stereocenters. The van der Waals surface area contributed by atoms with E-state index in [2.05, 4.69) is 5.32 Å². The van der Waals surface area contributed by atoms with Gasteiger partial charge in [-0.2, -0.15) is 0 Å². The van der Waals surface area contributed by atoms with Crippen LogP contribution < -0.4 is 5.32 Å². The molecule has 0 aromatic rings. The predicted octanol–water partition coefficient (Wildman–Crippen LogP) is -0.525. The summed E-state index contributed by atoms with van der Waals surface area (Å²) in [6, 6.07) is -0.334. The van der Waals surface area contributed by atoms with Crippen molar-refractivity contribution < 1.29 is 19.5 Å². The van der Waals surface area contributed by atoms with E-state index in [1.807, 2.05) is 0 Å². The van der Waals surface area contributed by atoms with Gasteiger partial charge in [-0.25, -0.2) is 0 Å². The van der Waals surface area contributed by atoms with E-state index < -0.39 is 5.97 Å². The number of nitrogens with one attached hydrogen (secondary N) is 1. The second-order valence-electron chi connectivity index (χ2n) is 2.78. The lowest BCUT2D eigenvalue weighted by molar-refractivity contribution is -0.136. The van der Waals surface area contributed by atoms with Crippen molar-refractivity contribution in [2.75, 3.05) is 0 Å². The van der Waals surface area contributed by atoms with Crippen LogP contribution in [0.15, 0.2) is 11.6 Å². The second-order valence-corrected chi connectivity index (χ2v) is 2.78. The first kappa shape index (κ1) is 9.44. The van der Waals surface area contributed by atoms with Crippen molar-refractivity contribution in [2.45, 2.75) is 18.9 Å². The van der Waals surface area contributed by atoms with Crippen LogP contribution in [0, 0.1) is 0 Å². The first-order valence-electron chi connectivity index (χ1n) is 3.79. The van der Waals surface area contributed by atoms with E-state index >= 15 is 0 Å². The van der Waals surface area contributed by atoms with E-state index in [9.17, 15) is 14.4 Å². The molecule has 0 aromatic heterocycles. The van der Waals surface area contributed by atoms with Crippen molar-refractivity contribution in [2.24, 2.45) is 0 Å². The maximum atomic E-state index is 11.1. The molecule has 0 heterocycles. The fourth-order valence-electron chi connectivity index (χ4n) is 1.24. The number of amides is 1. The van der Waals surface area contributed by atoms with E-state index in [-0.39, 0.29) is 30.2 Å². The summed E-state index contributed by atoms with van der Waals surface area (Å²) in [7, 11) is 0. The first-order valence-corrected chi connectivity index (χ1v) is 3.79. The molecule has 13 heavy (non-hydrogen) atoms. The monoisotopic (exact) mass is 183 g/mol. The van der Waals surface area contributed by atoms with Gasteiger partial charge in [0.15, 0.2) is 5.78 Å². The van der Waals surface area contributed by atoms with Gasteiger partial charge >= 0.3 is 5.97 Å². The molecule has 0 aliphatic heterocycles. The van der Waals surface area contributed by atoms with Crippen molar-refractivity contribution in [1.82, 2.24) is 5.32 Å². The summed E-state index contributed by atoms with van der Waals surface area (Å²) in [4.78, 5) is 31.4. The molecule has 1 aliphatic rings. The maximum absolute atomic E-state index is 11.1. The van der Waals surface area contributed by atoms with Gasteiger partial charge in [-0.05, 0) is 0 Å². The molecule has 0 fully saturated rings. The van der Waals surface area contributed by atoms with Crippen LogP contribution in [0.5, 0.6) is 0 Å². The third-order valence-corrected chi connectivity index (χ3v) is 1.79. The van der Waals surface area contributed by atoms with Crippen LogP contribution in [0.4, 0.5) is 0 Å². The van der Waals surface area contributed by atoms with Gasteiger partial charge in [-0.1, -0.05) is 6.08 Å². The summed E-state index contributed by atoms with van der Waals surface area (Å²) < 4.78 is 0. The molecule has 1 rings (SSSR count). The molecule has 70 valence electrons. The highest BCUT2D eigenvalue weighted by atomic mass is 16.4. The Balaban J connectivity index is 2.62. The lowest BCUT2D eigenvalue weighted by atomic mass is 10.1.